The minimum absolute atomic E-state index is 0.0199. The van der Waals surface area contributed by atoms with Crippen LogP contribution in [0.25, 0.3) is 0 Å². The Labute approximate surface area is 226 Å². The van der Waals surface area contributed by atoms with Crippen LogP contribution in [0, 0.1) is 5.92 Å². The molecule has 1 saturated carbocycles. The van der Waals surface area contributed by atoms with Gasteiger partial charge in [0.1, 0.15) is 9.96 Å². The number of amides is 2. The summed E-state index contributed by atoms with van der Waals surface area (Å²) in [5.74, 6) is -1.57. The Hall–Kier alpha value is -2.96. The van der Waals surface area contributed by atoms with Crippen molar-refractivity contribution in [1.29, 1.82) is 0 Å². The van der Waals surface area contributed by atoms with E-state index in [1.54, 1.807) is 35.7 Å². The van der Waals surface area contributed by atoms with Crippen LogP contribution in [0.2, 0.25) is 0 Å². The molecule has 1 aliphatic carbocycles. The van der Waals surface area contributed by atoms with Crippen molar-refractivity contribution in [1.82, 2.24) is 14.5 Å². The molecule has 2 heterocycles. The molecule has 206 valence electrons. The highest BCUT2D eigenvalue weighted by atomic mass is 32.2. The zero-order valence-electron chi connectivity index (χ0n) is 21.2. The van der Waals surface area contributed by atoms with Gasteiger partial charge < -0.3 is 20.1 Å². The highest BCUT2D eigenvalue weighted by Crippen LogP contribution is 2.31. The first-order valence-electron chi connectivity index (χ1n) is 12.7. The summed E-state index contributed by atoms with van der Waals surface area (Å²) in [6.07, 6.45) is 2.81. The lowest BCUT2D eigenvalue weighted by Gasteiger charge is -2.34. The lowest BCUT2D eigenvalue weighted by Crippen LogP contribution is -2.57. The SMILES string of the molecule is COc1cccc(CC(=O)N2CCN(S(=O)(=O)c3cccs3)C2C(=O)NC(CC(=O)O)C2CCCCC2)c1. The van der Waals surface area contributed by atoms with E-state index in [4.69, 9.17) is 4.74 Å². The third-order valence-corrected chi connectivity index (χ3v) is 10.4. The number of carboxylic acid groups (broad SMARTS) is 1. The molecule has 2 aromatic rings. The van der Waals surface area contributed by atoms with Gasteiger partial charge in [-0.1, -0.05) is 37.5 Å². The highest BCUT2D eigenvalue weighted by Gasteiger charge is 2.47. The lowest BCUT2D eigenvalue weighted by molar-refractivity contribution is -0.142. The summed E-state index contributed by atoms with van der Waals surface area (Å²) in [6.45, 7) is -0.00623. The Balaban J connectivity index is 1.62. The van der Waals surface area contributed by atoms with Crippen molar-refractivity contribution >= 4 is 39.1 Å². The van der Waals surface area contributed by atoms with E-state index in [0.29, 0.717) is 11.3 Å². The maximum Gasteiger partial charge on any atom is 0.305 e. The van der Waals surface area contributed by atoms with E-state index in [-0.39, 0.29) is 36.1 Å². The molecule has 1 aromatic heterocycles. The van der Waals surface area contributed by atoms with Crippen molar-refractivity contribution in [3.63, 3.8) is 0 Å². The topological polar surface area (TPSA) is 133 Å². The molecule has 2 aliphatic rings. The Kier molecular flexibility index (Phi) is 9.06. The third-order valence-electron chi connectivity index (χ3n) is 7.17. The van der Waals surface area contributed by atoms with Gasteiger partial charge in [-0.25, -0.2) is 8.42 Å². The first-order valence-corrected chi connectivity index (χ1v) is 15.0. The van der Waals surface area contributed by atoms with Crippen LogP contribution in [0.15, 0.2) is 46.0 Å². The molecule has 12 heteroatoms. The van der Waals surface area contributed by atoms with Gasteiger partial charge in [-0.05, 0) is 47.9 Å². The van der Waals surface area contributed by atoms with Gasteiger partial charge in [0.15, 0.2) is 6.17 Å². The zero-order valence-corrected chi connectivity index (χ0v) is 22.9. The molecule has 2 amide bonds. The molecule has 2 atom stereocenters. The van der Waals surface area contributed by atoms with Gasteiger partial charge in [0.25, 0.3) is 15.9 Å². The number of hydrogen-bond donors (Lipinski definition) is 2. The van der Waals surface area contributed by atoms with Crippen LogP contribution in [-0.2, 0) is 30.8 Å². The Morgan fingerprint density at radius 2 is 1.89 bits per heavy atom. The molecule has 0 bridgehead atoms. The molecule has 1 aliphatic heterocycles. The van der Waals surface area contributed by atoms with Crippen molar-refractivity contribution in [2.45, 2.75) is 61.4 Å². The molecule has 0 radical (unpaired) electrons. The van der Waals surface area contributed by atoms with Crippen LogP contribution in [0.1, 0.15) is 44.1 Å². The molecule has 0 spiro atoms. The summed E-state index contributed by atoms with van der Waals surface area (Å²) in [5, 5.41) is 14.0. The lowest BCUT2D eigenvalue weighted by atomic mass is 9.82. The summed E-state index contributed by atoms with van der Waals surface area (Å²) in [5.41, 5.74) is 0.666. The number of ether oxygens (including phenoxy) is 1. The third kappa shape index (κ3) is 6.36. The molecule has 2 N–H and O–H groups in total. The van der Waals surface area contributed by atoms with Gasteiger partial charge in [0.2, 0.25) is 5.91 Å². The summed E-state index contributed by atoms with van der Waals surface area (Å²) in [7, 11) is -2.54. The number of rotatable bonds is 10. The fourth-order valence-electron chi connectivity index (χ4n) is 5.29. The summed E-state index contributed by atoms with van der Waals surface area (Å²) >= 11 is 1.04. The normalized spacial score (nSPS) is 19.7. The number of sulfonamides is 1. The van der Waals surface area contributed by atoms with E-state index in [9.17, 15) is 27.9 Å². The monoisotopic (exact) mass is 563 g/mol. The van der Waals surface area contributed by atoms with Crippen LogP contribution in [0.3, 0.4) is 0 Å². The van der Waals surface area contributed by atoms with Crippen LogP contribution in [-0.4, -0.2) is 72.9 Å². The fourth-order valence-corrected chi connectivity index (χ4v) is 7.96. The molecule has 1 saturated heterocycles. The summed E-state index contributed by atoms with van der Waals surface area (Å²) in [6, 6.07) is 9.41. The van der Waals surface area contributed by atoms with Crippen molar-refractivity contribution in [2.75, 3.05) is 20.2 Å². The van der Waals surface area contributed by atoms with Crippen molar-refractivity contribution in [3.8, 4) is 5.75 Å². The second-order valence-electron chi connectivity index (χ2n) is 9.65. The van der Waals surface area contributed by atoms with Gasteiger partial charge in [0, 0.05) is 19.1 Å². The van der Waals surface area contributed by atoms with E-state index in [2.05, 4.69) is 5.32 Å². The number of hydrogen-bond acceptors (Lipinski definition) is 7. The van der Waals surface area contributed by atoms with Crippen LogP contribution >= 0.6 is 11.3 Å². The van der Waals surface area contributed by atoms with Crippen molar-refractivity contribution < 1.29 is 32.6 Å². The number of benzene rings is 1. The average molecular weight is 564 g/mol. The smallest absolute Gasteiger partial charge is 0.305 e. The van der Waals surface area contributed by atoms with E-state index in [1.165, 1.54) is 18.1 Å². The molecule has 2 unspecified atom stereocenters. The molecule has 4 rings (SSSR count). The quantitative estimate of drug-likeness (QED) is 0.454. The first-order chi connectivity index (χ1) is 18.2. The van der Waals surface area contributed by atoms with Crippen molar-refractivity contribution in [2.24, 2.45) is 5.92 Å². The second kappa shape index (κ2) is 12.3. The number of nitrogens with one attached hydrogen (secondary N) is 1. The molecule has 10 nitrogen and oxygen atoms in total. The van der Waals surface area contributed by atoms with E-state index >= 15 is 0 Å². The number of carbonyl (C=O) groups is 3. The van der Waals surface area contributed by atoms with Crippen LogP contribution in [0.5, 0.6) is 5.75 Å². The number of carboxylic acids is 1. The number of aliphatic carboxylic acids is 1. The number of carbonyl (C=O) groups excluding carboxylic acids is 2. The number of thiophene rings is 1. The number of methoxy groups -OCH3 is 1. The van der Waals surface area contributed by atoms with E-state index in [1.807, 2.05) is 0 Å². The fraction of sp³-hybridized carbons (Fsp3) is 0.500. The Morgan fingerprint density at radius 3 is 2.55 bits per heavy atom. The second-order valence-corrected chi connectivity index (χ2v) is 12.7. The predicted octanol–water partition coefficient (Wildman–Crippen LogP) is 2.70. The van der Waals surface area contributed by atoms with Gasteiger partial charge in [-0.15, -0.1) is 11.3 Å². The Bertz CT molecular complexity index is 1240. The van der Waals surface area contributed by atoms with Gasteiger partial charge >= 0.3 is 5.97 Å². The minimum Gasteiger partial charge on any atom is -0.497 e. The molecular weight excluding hydrogens is 530 g/mol. The Morgan fingerprint density at radius 1 is 1.13 bits per heavy atom. The molecular formula is C26H33N3O7S2. The van der Waals surface area contributed by atoms with Gasteiger partial charge in [-0.3, -0.25) is 14.4 Å². The standard InChI is InChI=1S/C26H33N3O7S2/c1-36-20-10-5-7-18(15-20)16-22(30)28-12-13-29(38(34,35)24-11-6-14-37-24)26(28)25(33)27-21(17-23(31)32)19-8-3-2-4-9-19/h5-7,10-11,14-15,19,21,26H,2-4,8-9,12-13,16-17H2,1H3,(H,27,33)(H,31,32). The van der Waals surface area contributed by atoms with Crippen molar-refractivity contribution in [3.05, 3.63) is 47.3 Å². The van der Waals surface area contributed by atoms with E-state index < -0.39 is 40.0 Å². The van der Waals surface area contributed by atoms with Crippen LogP contribution < -0.4 is 10.1 Å². The summed E-state index contributed by atoms with van der Waals surface area (Å²) in [4.78, 5) is 40.1. The van der Waals surface area contributed by atoms with Gasteiger partial charge in [0.05, 0.1) is 20.0 Å². The molecule has 38 heavy (non-hydrogen) atoms. The van der Waals surface area contributed by atoms with Gasteiger partial charge in [-0.2, -0.15) is 4.31 Å². The largest absolute Gasteiger partial charge is 0.497 e. The zero-order chi connectivity index (χ0) is 27.3. The summed E-state index contributed by atoms with van der Waals surface area (Å²) < 4.78 is 33.3. The number of nitrogens with zero attached hydrogens (tertiary/aromatic N) is 2. The van der Waals surface area contributed by atoms with E-state index in [0.717, 1.165) is 47.7 Å². The minimum atomic E-state index is -4.06. The maximum absolute atomic E-state index is 13.8. The first kappa shape index (κ1) is 28.1. The maximum atomic E-state index is 13.8. The predicted molar refractivity (Wildman–Crippen MR) is 141 cm³/mol. The highest BCUT2D eigenvalue weighted by molar-refractivity contribution is 7.91. The molecule has 2 fully saturated rings. The van der Waals surface area contributed by atoms with Crippen LogP contribution in [0.4, 0.5) is 0 Å². The molecule has 1 aromatic carbocycles. The average Bonchev–Trinajstić information content (AvgIpc) is 3.60.